The maximum Gasteiger partial charge on any atom is 0.240 e. The van der Waals surface area contributed by atoms with Crippen molar-refractivity contribution in [1.82, 2.24) is 29.5 Å². The van der Waals surface area contributed by atoms with E-state index >= 15 is 0 Å². The lowest BCUT2D eigenvalue weighted by Gasteiger charge is -2.19. The Hall–Kier alpha value is -3.05. The molecule has 3 aromatic rings. The Labute approximate surface area is 189 Å². The minimum Gasteiger partial charge on any atom is -0.384 e. The average molecular weight is 459 g/mol. The van der Waals surface area contributed by atoms with Gasteiger partial charge in [-0.1, -0.05) is 38.5 Å². The van der Waals surface area contributed by atoms with E-state index in [9.17, 15) is 8.42 Å². The number of hydrogen-bond donors (Lipinski definition) is 2. The molecule has 0 saturated carbocycles. The molecule has 0 radical (unpaired) electrons. The van der Waals surface area contributed by atoms with E-state index in [1.165, 1.54) is 0 Å². The van der Waals surface area contributed by atoms with Crippen LogP contribution in [-0.2, 0) is 22.5 Å². The van der Waals surface area contributed by atoms with Gasteiger partial charge in [0.15, 0.2) is 5.82 Å². The molecule has 0 fully saturated rings. The summed E-state index contributed by atoms with van der Waals surface area (Å²) >= 11 is 0. The van der Waals surface area contributed by atoms with Crippen LogP contribution in [0.2, 0.25) is 0 Å². The second-order valence-corrected chi connectivity index (χ2v) is 10.5. The number of benzene rings is 1. The molecule has 2 aromatic heterocycles. The topological polar surface area (TPSA) is 132 Å². The maximum absolute atomic E-state index is 12.5. The Balaban J connectivity index is 1.73. The number of sulfonamides is 1. The van der Waals surface area contributed by atoms with E-state index in [0.717, 1.165) is 11.3 Å². The van der Waals surface area contributed by atoms with Crippen molar-refractivity contribution in [3.8, 4) is 11.6 Å². The molecule has 3 rings (SSSR count). The Kier molecular flexibility index (Phi) is 6.51. The van der Waals surface area contributed by atoms with Crippen LogP contribution in [0.1, 0.15) is 32.0 Å². The molecule has 0 spiro atoms. The van der Waals surface area contributed by atoms with Gasteiger partial charge >= 0.3 is 0 Å². The normalized spacial score (nSPS) is 12.2. The second kappa shape index (κ2) is 8.83. The summed E-state index contributed by atoms with van der Waals surface area (Å²) in [7, 11) is 0.0410. The molecule has 0 amide bonds. The van der Waals surface area contributed by atoms with Crippen LogP contribution < -0.4 is 15.4 Å². The summed E-state index contributed by atoms with van der Waals surface area (Å²) in [5.41, 5.74) is 7.60. The Morgan fingerprint density at radius 3 is 2.41 bits per heavy atom. The van der Waals surface area contributed by atoms with Gasteiger partial charge in [-0.15, -0.1) is 10.2 Å². The van der Waals surface area contributed by atoms with Gasteiger partial charge in [-0.2, -0.15) is 0 Å². The summed E-state index contributed by atoms with van der Waals surface area (Å²) in [6.45, 7) is 8.65. The third-order valence-corrected chi connectivity index (χ3v) is 6.46. The molecule has 0 unspecified atom stereocenters. The fraction of sp³-hybridized carbons (Fsp3) is 0.429. The second-order valence-electron chi connectivity index (χ2n) is 8.77. The minimum absolute atomic E-state index is 0.196. The van der Waals surface area contributed by atoms with Gasteiger partial charge in [0.2, 0.25) is 21.8 Å². The highest BCUT2D eigenvalue weighted by Crippen LogP contribution is 2.25. The summed E-state index contributed by atoms with van der Waals surface area (Å²) in [5.74, 6) is 1.79. The average Bonchev–Trinajstić information content (AvgIpc) is 3.08. The molecule has 11 heteroatoms. The predicted octanol–water partition coefficient (Wildman–Crippen LogP) is 1.87. The summed E-state index contributed by atoms with van der Waals surface area (Å²) in [5, 5.41) is 8.47. The number of rotatable bonds is 7. The maximum atomic E-state index is 12.5. The Morgan fingerprint density at radius 2 is 1.78 bits per heavy atom. The lowest BCUT2D eigenvalue weighted by Crippen LogP contribution is -2.34. The van der Waals surface area contributed by atoms with Gasteiger partial charge in [0.05, 0.1) is 10.6 Å². The van der Waals surface area contributed by atoms with E-state index in [4.69, 9.17) is 5.73 Å². The standard InChI is InChI=1S/C21H30N8O2S/c1-14-7-9-15(10-8-14)32(30,31)23-11-12-28(5)20-27-26-19(29(20)6)18-24-16(21(2,3)4)13-17(22)25-18/h7-10,13,23H,11-12H2,1-6H3,(H2,22,24,25). The van der Waals surface area contributed by atoms with Crippen LogP contribution in [0.25, 0.3) is 11.6 Å². The first-order chi connectivity index (χ1) is 14.9. The van der Waals surface area contributed by atoms with Crippen molar-refractivity contribution >= 4 is 21.8 Å². The number of aryl methyl sites for hydroxylation is 1. The third-order valence-electron chi connectivity index (χ3n) is 4.98. The highest BCUT2D eigenvalue weighted by atomic mass is 32.2. The zero-order valence-corrected chi connectivity index (χ0v) is 20.1. The minimum atomic E-state index is -3.58. The molecule has 0 bridgehead atoms. The van der Waals surface area contributed by atoms with Crippen LogP contribution >= 0.6 is 0 Å². The third kappa shape index (κ3) is 5.22. The lowest BCUT2D eigenvalue weighted by atomic mass is 9.92. The van der Waals surface area contributed by atoms with Crippen molar-refractivity contribution < 1.29 is 8.42 Å². The van der Waals surface area contributed by atoms with Crippen LogP contribution in [0.3, 0.4) is 0 Å². The van der Waals surface area contributed by atoms with Gasteiger partial charge in [-0.25, -0.2) is 23.1 Å². The molecule has 2 heterocycles. The first-order valence-corrected chi connectivity index (χ1v) is 11.7. The smallest absolute Gasteiger partial charge is 0.240 e. The number of nitrogens with zero attached hydrogens (tertiary/aromatic N) is 6. The highest BCUT2D eigenvalue weighted by molar-refractivity contribution is 7.89. The van der Waals surface area contributed by atoms with Crippen LogP contribution in [0.5, 0.6) is 0 Å². The van der Waals surface area contributed by atoms with Crippen LogP contribution in [-0.4, -0.2) is 53.3 Å². The number of anilines is 2. The predicted molar refractivity (Wildman–Crippen MR) is 125 cm³/mol. The molecule has 0 aliphatic heterocycles. The fourth-order valence-corrected chi connectivity index (χ4v) is 4.07. The van der Waals surface area contributed by atoms with E-state index in [0.29, 0.717) is 30.0 Å². The van der Waals surface area contributed by atoms with E-state index in [2.05, 4.69) is 24.9 Å². The van der Waals surface area contributed by atoms with Gasteiger partial charge in [0.1, 0.15) is 5.82 Å². The Morgan fingerprint density at radius 1 is 1.12 bits per heavy atom. The molecule has 3 N–H and O–H groups in total. The molecular weight excluding hydrogens is 428 g/mol. The van der Waals surface area contributed by atoms with E-state index in [1.807, 2.05) is 39.6 Å². The molecule has 10 nitrogen and oxygen atoms in total. The Bertz CT molecular complexity index is 1200. The van der Waals surface area contributed by atoms with Crippen LogP contribution in [0.4, 0.5) is 11.8 Å². The summed E-state index contributed by atoms with van der Waals surface area (Å²) in [6, 6.07) is 8.48. The van der Waals surface area contributed by atoms with E-state index in [1.54, 1.807) is 41.9 Å². The zero-order valence-electron chi connectivity index (χ0n) is 19.3. The highest BCUT2D eigenvalue weighted by Gasteiger charge is 2.22. The number of likely N-dealkylation sites (N-methyl/N-ethyl adjacent to an activating group) is 1. The first-order valence-electron chi connectivity index (χ1n) is 10.2. The SMILES string of the molecule is Cc1ccc(S(=O)(=O)NCCN(C)c2nnc(-c3nc(N)cc(C(C)(C)C)n3)n2C)cc1. The monoisotopic (exact) mass is 458 g/mol. The van der Waals surface area contributed by atoms with Crippen molar-refractivity contribution in [1.29, 1.82) is 0 Å². The first kappa shape index (κ1) is 23.6. The van der Waals surface area contributed by atoms with Crippen molar-refractivity contribution in [3.63, 3.8) is 0 Å². The number of nitrogens with two attached hydrogens (primary N) is 1. The van der Waals surface area contributed by atoms with Crippen molar-refractivity contribution in [3.05, 3.63) is 41.6 Å². The van der Waals surface area contributed by atoms with Crippen LogP contribution in [0, 0.1) is 6.92 Å². The van der Waals surface area contributed by atoms with Gasteiger partial charge in [-0.3, -0.25) is 4.57 Å². The van der Waals surface area contributed by atoms with Gasteiger partial charge < -0.3 is 10.6 Å². The quantitative estimate of drug-likeness (QED) is 0.548. The van der Waals surface area contributed by atoms with Gasteiger partial charge in [-0.05, 0) is 19.1 Å². The molecule has 1 aromatic carbocycles. The summed E-state index contributed by atoms with van der Waals surface area (Å²) in [6.07, 6.45) is 0. The van der Waals surface area contributed by atoms with E-state index < -0.39 is 10.0 Å². The molecule has 0 saturated heterocycles. The number of nitrogen functional groups attached to an aromatic ring is 1. The molecule has 0 aliphatic rings. The molecule has 172 valence electrons. The molecule has 0 atom stereocenters. The molecule has 0 aliphatic carbocycles. The van der Waals surface area contributed by atoms with Crippen molar-refractivity contribution in [2.45, 2.75) is 38.0 Å². The van der Waals surface area contributed by atoms with Crippen molar-refractivity contribution in [2.24, 2.45) is 7.05 Å². The van der Waals surface area contributed by atoms with E-state index in [-0.39, 0.29) is 16.9 Å². The summed E-state index contributed by atoms with van der Waals surface area (Å²) < 4.78 is 29.3. The number of nitrogens with one attached hydrogen (secondary N) is 1. The molecular formula is C21H30N8O2S. The fourth-order valence-electron chi connectivity index (χ4n) is 3.05. The largest absolute Gasteiger partial charge is 0.384 e. The van der Waals surface area contributed by atoms with Gasteiger partial charge in [0.25, 0.3) is 0 Å². The lowest BCUT2D eigenvalue weighted by molar-refractivity contribution is 0.568. The number of aromatic nitrogens is 5. The van der Waals surface area contributed by atoms with Crippen molar-refractivity contribution in [2.75, 3.05) is 30.8 Å². The summed E-state index contributed by atoms with van der Waals surface area (Å²) in [4.78, 5) is 11.0. The number of hydrogen-bond acceptors (Lipinski definition) is 8. The van der Waals surface area contributed by atoms with Crippen LogP contribution in [0.15, 0.2) is 35.2 Å². The molecule has 32 heavy (non-hydrogen) atoms. The zero-order chi connectivity index (χ0) is 23.7. The van der Waals surface area contributed by atoms with Gasteiger partial charge in [0, 0.05) is 38.7 Å².